The summed E-state index contributed by atoms with van der Waals surface area (Å²) in [6.45, 7) is 10.9. The highest BCUT2D eigenvalue weighted by atomic mass is 28.3. The number of carbonyl (C=O) groups is 1. The van der Waals surface area contributed by atoms with Crippen molar-refractivity contribution in [2.24, 2.45) is 0 Å². The molecule has 202 valence electrons. The quantitative estimate of drug-likeness (QED) is 0.0963. The number of benzene rings is 1. The molecule has 0 atom stereocenters. The molecule has 0 aliphatic carbocycles. The fraction of sp³-hybridized carbons (Fsp3) is 0.407. The number of esters is 1. The number of aromatic nitrogens is 5. The van der Waals surface area contributed by atoms with Gasteiger partial charge in [0.1, 0.15) is 11.3 Å². The molecule has 1 aromatic carbocycles. The van der Waals surface area contributed by atoms with Crippen molar-refractivity contribution in [3.05, 3.63) is 60.6 Å². The van der Waals surface area contributed by atoms with E-state index in [4.69, 9.17) is 18.9 Å². The Bertz CT molecular complexity index is 1330. The smallest absolute Gasteiger partial charge is 0.341 e. The molecular weight excluding hydrogens is 502 g/mol. The minimum Gasteiger partial charge on any atom is -0.494 e. The maximum atomic E-state index is 12.1. The number of hydrogen-bond acceptors (Lipinski definition) is 8. The van der Waals surface area contributed by atoms with E-state index < -0.39 is 14.0 Å². The molecule has 10 nitrogen and oxygen atoms in total. The van der Waals surface area contributed by atoms with E-state index >= 15 is 0 Å². The maximum Gasteiger partial charge on any atom is 0.341 e. The predicted molar refractivity (Wildman–Crippen MR) is 147 cm³/mol. The zero-order valence-corrected chi connectivity index (χ0v) is 23.4. The lowest BCUT2D eigenvalue weighted by molar-refractivity contribution is 0.0200. The summed E-state index contributed by atoms with van der Waals surface area (Å²) in [6, 6.07) is 12.7. The summed E-state index contributed by atoms with van der Waals surface area (Å²) >= 11 is 0. The molecule has 4 aromatic rings. The van der Waals surface area contributed by atoms with E-state index in [0.717, 1.165) is 23.7 Å². The van der Waals surface area contributed by atoms with Crippen LogP contribution >= 0.6 is 0 Å². The van der Waals surface area contributed by atoms with Crippen LogP contribution in [0.5, 0.6) is 11.6 Å². The van der Waals surface area contributed by atoms with Gasteiger partial charge in [-0.2, -0.15) is 10.1 Å². The molecule has 0 saturated carbocycles. The van der Waals surface area contributed by atoms with Gasteiger partial charge in [-0.3, -0.25) is 0 Å². The summed E-state index contributed by atoms with van der Waals surface area (Å²) in [6.07, 6.45) is 5.72. The molecule has 0 spiro atoms. The van der Waals surface area contributed by atoms with E-state index in [-0.39, 0.29) is 19.3 Å². The highest BCUT2D eigenvalue weighted by Crippen LogP contribution is 2.26. The summed E-state index contributed by atoms with van der Waals surface area (Å²) in [4.78, 5) is 21.4. The molecule has 4 rings (SSSR count). The van der Waals surface area contributed by atoms with E-state index in [0.29, 0.717) is 36.7 Å². The van der Waals surface area contributed by atoms with Gasteiger partial charge >= 0.3 is 5.97 Å². The topological polar surface area (TPSA) is 103 Å². The molecule has 0 bridgehead atoms. The largest absolute Gasteiger partial charge is 0.494 e. The number of hydrogen-bond donors (Lipinski definition) is 0. The Hall–Kier alpha value is -3.70. The Morgan fingerprint density at radius 3 is 2.61 bits per heavy atom. The van der Waals surface area contributed by atoms with Crippen molar-refractivity contribution in [1.82, 2.24) is 24.3 Å². The number of rotatable bonds is 14. The van der Waals surface area contributed by atoms with Crippen LogP contribution in [0.3, 0.4) is 0 Å². The molecule has 0 radical (unpaired) electrons. The van der Waals surface area contributed by atoms with Crippen molar-refractivity contribution in [3.63, 3.8) is 0 Å². The van der Waals surface area contributed by atoms with Crippen molar-refractivity contribution >= 4 is 25.1 Å². The van der Waals surface area contributed by atoms with Crippen molar-refractivity contribution < 1.29 is 23.7 Å². The first kappa shape index (κ1) is 27.3. The van der Waals surface area contributed by atoms with Gasteiger partial charge < -0.3 is 23.5 Å². The van der Waals surface area contributed by atoms with E-state index in [9.17, 15) is 4.79 Å². The molecule has 38 heavy (non-hydrogen) atoms. The van der Waals surface area contributed by atoms with Gasteiger partial charge in [0.25, 0.3) is 5.95 Å². The lowest BCUT2D eigenvalue weighted by Crippen LogP contribution is -2.22. The van der Waals surface area contributed by atoms with Gasteiger partial charge in [-0.15, -0.1) is 0 Å². The number of fused-ring (bicyclic) bond motifs is 1. The van der Waals surface area contributed by atoms with E-state index in [1.54, 1.807) is 13.1 Å². The van der Waals surface area contributed by atoms with Crippen molar-refractivity contribution in [2.45, 2.75) is 45.6 Å². The SMILES string of the molecule is CCOC(=O)c1cnn(-c2nc(OCOCC[Si](C)(C)C)c3c(ccn3CCCOc3ccccc3)n2)c1. The zero-order chi connectivity index (χ0) is 27.0. The lowest BCUT2D eigenvalue weighted by Gasteiger charge is -2.16. The third kappa shape index (κ3) is 7.42. The second-order valence-corrected chi connectivity index (χ2v) is 15.6. The summed E-state index contributed by atoms with van der Waals surface area (Å²) < 4.78 is 26.2. The van der Waals surface area contributed by atoms with Crippen LogP contribution in [0.2, 0.25) is 25.7 Å². The maximum absolute atomic E-state index is 12.1. The monoisotopic (exact) mass is 537 g/mol. The van der Waals surface area contributed by atoms with Crippen LogP contribution in [0.25, 0.3) is 17.0 Å². The van der Waals surface area contributed by atoms with Crippen LogP contribution in [0, 0.1) is 0 Å². The molecule has 0 unspecified atom stereocenters. The molecule has 0 saturated heterocycles. The zero-order valence-electron chi connectivity index (χ0n) is 22.4. The van der Waals surface area contributed by atoms with Gasteiger partial charge in [0, 0.05) is 33.6 Å². The van der Waals surface area contributed by atoms with Gasteiger partial charge in [-0.1, -0.05) is 37.8 Å². The number of nitrogens with zero attached hydrogens (tertiary/aromatic N) is 5. The predicted octanol–water partition coefficient (Wildman–Crippen LogP) is 4.95. The van der Waals surface area contributed by atoms with Crippen LogP contribution < -0.4 is 9.47 Å². The second-order valence-electron chi connectivity index (χ2n) is 9.96. The fourth-order valence-electron chi connectivity index (χ4n) is 3.68. The van der Waals surface area contributed by atoms with E-state index in [1.807, 2.05) is 42.6 Å². The molecule has 0 amide bonds. The standard InChI is InChI=1S/C27H35N5O5Si/c1-5-35-26(33)21-18-28-32(19-21)27-29-23-12-14-31(13-9-15-36-22-10-7-6-8-11-22)24(23)25(30-27)37-20-34-16-17-38(2,3)4/h6-8,10-12,14,18-19H,5,9,13,15-17,20H2,1-4H3. The summed E-state index contributed by atoms with van der Waals surface area (Å²) in [5.41, 5.74) is 1.79. The Morgan fingerprint density at radius 2 is 1.84 bits per heavy atom. The Labute approximate surface area is 223 Å². The minimum atomic E-state index is -1.21. The Balaban J connectivity index is 1.52. The van der Waals surface area contributed by atoms with Gasteiger partial charge in [0.2, 0.25) is 5.88 Å². The Morgan fingerprint density at radius 1 is 1.03 bits per heavy atom. The summed E-state index contributed by atoms with van der Waals surface area (Å²) in [7, 11) is -1.21. The number of aryl methyl sites for hydroxylation is 1. The van der Waals surface area contributed by atoms with Gasteiger partial charge in [0.15, 0.2) is 6.79 Å². The average Bonchev–Trinajstić information content (AvgIpc) is 3.54. The van der Waals surface area contributed by atoms with Crippen LogP contribution in [-0.2, 0) is 16.0 Å². The lowest BCUT2D eigenvalue weighted by atomic mass is 10.3. The highest BCUT2D eigenvalue weighted by molar-refractivity contribution is 6.76. The van der Waals surface area contributed by atoms with Crippen molar-refractivity contribution in [1.29, 1.82) is 0 Å². The molecule has 0 aliphatic rings. The molecular formula is C27H35N5O5Si. The van der Waals surface area contributed by atoms with Crippen LogP contribution in [0.1, 0.15) is 23.7 Å². The van der Waals surface area contributed by atoms with Crippen molar-refractivity contribution in [3.8, 4) is 17.6 Å². The summed E-state index contributed by atoms with van der Waals surface area (Å²) in [5.74, 6) is 1.07. The minimum absolute atomic E-state index is 0.0749. The van der Waals surface area contributed by atoms with E-state index in [2.05, 4.69) is 39.3 Å². The van der Waals surface area contributed by atoms with Crippen molar-refractivity contribution in [2.75, 3.05) is 26.6 Å². The highest BCUT2D eigenvalue weighted by Gasteiger charge is 2.18. The number of carbonyl (C=O) groups excluding carboxylic acids is 1. The average molecular weight is 538 g/mol. The first-order valence-electron chi connectivity index (χ1n) is 12.8. The summed E-state index contributed by atoms with van der Waals surface area (Å²) in [5, 5.41) is 4.26. The van der Waals surface area contributed by atoms with E-state index in [1.165, 1.54) is 10.9 Å². The van der Waals surface area contributed by atoms with Crippen LogP contribution in [0.15, 0.2) is 55.0 Å². The first-order valence-corrected chi connectivity index (χ1v) is 16.5. The molecule has 3 aromatic heterocycles. The van der Waals surface area contributed by atoms with Crippen LogP contribution in [0.4, 0.5) is 0 Å². The van der Waals surface area contributed by atoms with Gasteiger partial charge in [-0.25, -0.2) is 14.5 Å². The van der Waals surface area contributed by atoms with Gasteiger partial charge in [-0.05, 0) is 37.6 Å². The second kappa shape index (κ2) is 12.7. The third-order valence-electron chi connectivity index (χ3n) is 5.70. The molecule has 0 aliphatic heterocycles. The molecule has 0 fully saturated rings. The first-order chi connectivity index (χ1) is 18.3. The van der Waals surface area contributed by atoms with Gasteiger partial charge in [0.05, 0.1) is 30.5 Å². The normalized spacial score (nSPS) is 11.6. The van der Waals surface area contributed by atoms with Crippen LogP contribution in [-0.4, -0.2) is 65.0 Å². The fourth-order valence-corrected chi connectivity index (χ4v) is 4.43. The molecule has 11 heteroatoms. The molecule has 0 N–H and O–H groups in total. The third-order valence-corrected chi connectivity index (χ3v) is 7.40. The Kier molecular flexibility index (Phi) is 9.13. The number of para-hydroxylation sites is 1. The number of ether oxygens (including phenoxy) is 4. The molecule has 3 heterocycles.